The second kappa shape index (κ2) is 3.08. The average Bonchev–Trinajstić information content (AvgIpc) is 2.41. The summed E-state index contributed by atoms with van der Waals surface area (Å²) >= 11 is 0. The molecule has 15 heavy (non-hydrogen) atoms. The summed E-state index contributed by atoms with van der Waals surface area (Å²) in [4.78, 5) is 11.3. The van der Waals surface area contributed by atoms with E-state index in [-0.39, 0.29) is 0 Å². The van der Waals surface area contributed by atoms with Crippen LogP contribution < -0.4 is 5.73 Å². The van der Waals surface area contributed by atoms with Crippen molar-refractivity contribution >= 4 is 16.8 Å². The van der Waals surface area contributed by atoms with Crippen molar-refractivity contribution in [2.75, 3.05) is 0 Å². The van der Waals surface area contributed by atoms with E-state index in [0.717, 1.165) is 22.2 Å². The van der Waals surface area contributed by atoms with Crippen LogP contribution in [0, 0.1) is 13.8 Å². The summed E-state index contributed by atoms with van der Waals surface area (Å²) in [6.07, 6.45) is 0. The number of fused-ring (bicyclic) bond motifs is 1. The second-order valence-electron chi connectivity index (χ2n) is 3.78. The second-order valence-corrected chi connectivity index (χ2v) is 3.78. The van der Waals surface area contributed by atoms with E-state index in [9.17, 15) is 4.79 Å². The summed E-state index contributed by atoms with van der Waals surface area (Å²) < 4.78 is 1.70. The Morgan fingerprint density at radius 3 is 2.67 bits per heavy atom. The van der Waals surface area contributed by atoms with Crippen LogP contribution in [0.1, 0.15) is 21.6 Å². The van der Waals surface area contributed by atoms with Crippen molar-refractivity contribution in [2.45, 2.75) is 13.8 Å². The number of carbonyl (C=O) groups excluding carboxylic acids is 1. The topological polar surface area (TPSA) is 60.9 Å². The molecule has 4 nitrogen and oxygen atoms in total. The molecule has 0 aliphatic rings. The minimum atomic E-state index is -0.410. The lowest BCUT2D eigenvalue weighted by Gasteiger charge is -2.02. The molecular weight excluding hydrogens is 190 g/mol. The smallest absolute Gasteiger partial charge is 0.250 e. The number of primary amides is 1. The Balaban J connectivity index is 2.96. The van der Waals surface area contributed by atoms with Crippen LogP contribution in [0.3, 0.4) is 0 Å². The largest absolute Gasteiger partial charge is 0.366 e. The molecule has 0 aliphatic carbocycles. The maximum atomic E-state index is 11.3. The zero-order chi connectivity index (χ0) is 11.2. The number of nitrogens with zero attached hydrogens (tertiary/aromatic N) is 2. The van der Waals surface area contributed by atoms with Gasteiger partial charge in [-0.2, -0.15) is 5.10 Å². The Labute approximate surface area is 87.7 Å². The summed E-state index contributed by atoms with van der Waals surface area (Å²) in [5.41, 5.74) is 8.63. The van der Waals surface area contributed by atoms with E-state index in [1.54, 1.807) is 10.7 Å². The Bertz CT molecular complexity index is 554. The van der Waals surface area contributed by atoms with Gasteiger partial charge in [-0.25, -0.2) is 0 Å². The lowest BCUT2D eigenvalue weighted by molar-refractivity contribution is 0.100. The predicted octanol–water partition coefficient (Wildman–Crippen LogP) is 1.29. The number of nitrogens with two attached hydrogens (primary N) is 1. The third-order valence-electron chi connectivity index (χ3n) is 2.53. The summed E-state index contributed by atoms with van der Waals surface area (Å²) in [5, 5.41) is 5.28. The third-order valence-corrected chi connectivity index (χ3v) is 2.53. The lowest BCUT2D eigenvalue weighted by Crippen LogP contribution is -2.13. The average molecular weight is 203 g/mol. The minimum absolute atomic E-state index is 0.410. The molecule has 4 heteroatoms. The number of aryl methyl sites for hydroxylation is 3. The van der Waals surface area contributed by atoms with Gasteiger partial charge in [0.05, 0.1) is 16.8 Å². The van der Waals surface area contributed by atoms with Gasteiger partial charge in [0.25, 0.3) is 5.91 Å². The molecule has 0 radical (unpaired) electrons. The molecule has 0 aliphatic heterocycles. The van der Waals surface area contributed by atoms with Gasteiger partial charge in [-0.15, -0.1) is 0 Å². The van der Waals surface area contributed by atoms with E-state index in [1.807, 2.05) is 27.0 Å². The Kier molecular flexibility index (Phi) is 2.00. The number of amides is 1. The molecule has 1 aromatic heterocycles. The highest BCUT2D eigenvalue weighted by Crippen LogP contribution is 2.22. The SMILES string of the molecule is Cc1cc(C(N)=O)c2c(c1)c(C)nn2C. The first-order valence-electron chi connectivity index (χ1n) is 4.74. The van der Waals surface area contributed by atoms with Crippen molar-refractivity contribution in [1.82, 2.24) is 9.78 Å². The molecule has 2 rings (SSSR count). The Morgan fingerprint density at radius 2 is 2.07 bits per heavy atom. The van der Waals surface area contributed by atoms with E-state index in [4.69, 9.17) is 5.73 Å². The van der Waals surface area contributed by atoms with E-state index in [1.165, 1.54) is 0 Å². The van der Waals surface area contributed by atoms with Gasteiger partial charge in [-0.1, -0.05) is 0 Å². The molecule has 2 N–H and O–H groups in total. The van der Waals surface area contributed by atoms with E-state index in [0.29, 0.717) is 5.56 Å². The molecule has 1 aromatic carbocycles. The first-order chi connectivity index (χ1) is 7.00. The number of hydrogen-bond donors (Lipinski definition) is 1. The van der Waals surface area contributed by atoms with Gasteiger partial charge < -0.3 is 5.73 Å². The van der Waals surface area contributed by atoms with Crippen LogP contribution >= 0.6 is 0 Å². The highest BCUT2D eigenvalue weighted by molar-refractivity contribution is 6.05. The number of aromatic nitrogens is 2. The van der Waals surface area contributed by atoms with Gasteiger partial charge in [-0.3, -0.25) is 9.48 Å². The highest BCUT2D eigenvalue weighted by Gasteiger charge is 2.13. The van der Waals surface area contributed by atoms with Crippen molar-refractivity contribution in [3.05, 3.63) is 29.0 Å². The van der Waals surface area contributed by atoms with Crippen LogP contribution in [0.15, 0.2) is 12.1 Å². The summed E-state index contributed by atoms with van der Waals surface area (Å²) in [5.74, 6) is -0.410. The van der Waals surface area contributed by atoms with Crippen LogP contribution in [0.5, 0.6) is 0 Å². The Morgan fingerprint density at radius 1 is 1.40 bits per heavy atom. The van der Waals surface area contributed by atoms with Crippen molar-refractivity contribution in [1.29, 1.82) is 0 Å². The zero-order valence-electron chi connectivity index (χ0n) is 9.03. The van der Waals surface area contributed by atoms with E-state index in [2.05, 4.69) is 5.10 Å². The zero-order valence-corrected chi connectivity index (χ0v) is 9.03. The monoisotopic (exact) mass is 203 g/mol. The molecular formula is C11H13N3O. The van der Waals surface area contributed by atoms with Crippen LogP contribution in [0.25, 0.3) is 10.9 Å². The van der Waals surface area contributed by atoms with Crippen molar-refractivity contribution < 1.29 is 4.79 Å². The first kappa shape index (κ1) is 9.71. The van der Waals surface area contributed by atoms with Crippen LogP contribution in [0.2, 0.25) is 0 Å². The number of carbonyl (C=O) groups is 1. The quantitative estimate of drug-likeness (QED) is 0.759. The molecule has 78 valence electrons. The molecule has 0 bridgehead atoms. The number of rotatable bonds is 1. The van der Waals surface area contributed by atoms with Crippen LogP contribution in [0.4, 0.5) is 0 Å². The fraction of sp³-hybridized carbons (Fsp3) is 0.273. The summed E-state index contributed by atoms with van der Waals surface area (Å²) in [6.45, 7) is 3.87. The molecule has 1 heterocycles. The minimum Gasteiger partial charge on any atom is -0.366 e. The van der Waals surface area contributed by atoms with Crippen molar-refractivity contribution in [3.63, 3.8) is 0 Å². The summed E-state index contributed by atoms with van der Waals surface area (Å²) in [6, 6.07) is 3.82. The maximum absolute atomic E-state index is 11.3. The molecule has 2 aromatic rings. The number of hydrogen-bond acceptors (Lipinski definition) is 2. The standard InChI is InChI=1S/C11H13N3O/c1-6-4-8-7(2)13-14(3)10(8)9(5-6)11(12)15/h4-5H,1-3H3,(H2,12,15). The fourth-order valence-electron chi connectivity index (χ4n) is 1.92. The molecule has 0 saturated carbocycles. The number of benzene rings is 1. The van der Waals surface area contributed by atoms with Gasteiger partial charge in [-0.05, 0) is 31.5 Å². The van der Waals surface area contributed by atoms with E-state index >= 15 is 0 Å². The third kappa shape index (κ3) is 1.38. The van der Waals surface area contributed by atoms with Crippen molar-refractivity contribution in [3.8, 4) is 0 Å². The summed E-state index contributed by atoms with van der Waals surface area (Å²) in [7, 11) is 1.82. The fourth-order valence-corrected chi connectivity index (χ4v) is 1.92. The van der Waals surface area contributed by atoms with Crippen molar-refractivity contribution in [2.24, 2.45) is 12.8 Å². The van der Waals surface area contributed by atoms with Gasteiger partial charge >= 0.3 is 0 Å². The molecule has 0 fully saturated rings. The van der Waals surface area contributed by atoms with Gasteiger partial charge in [0.1, 0.15) is 0 Å². The maximum Gasteiger partial charge on any atom is 0.250 e. The molecule has 1 amide bonds. The van der Waals surface area contributed by atoms with Crippen LogP contribution in [-0.2, 0) is 7.05 Å². The molecule has 0 spiro atoms. The first-order valence-corrected chi connectivity index (χ1v) is 4.74. The van der Waals surface area contributed by atoms with E-state index < -0.39 is 5.91 Å². The highest BCUT2D eigenvalue weighted by atomic mass is 16.1. The van der Waals surface area contributed by atoms with Gasteiger partial charge in [0.2, 0.25) is 0 Å². The Hall–Kier alpha value is -1.84. The predicted molar refractivity (Wildman–Crippen MR) is 58.7 cm³/mol. The van der Waals surface area contributed by atoms with Gasteiger partial charge in [0, 0.05) is 12.4 Å². The van der Waals surface area contributed by atoms with Crippen LogP contribution in [-0.4, -0.2) is 15.7 Å². The molecule has 0 atom stereocenters. The normalized spacial score (nSPS) is 10.9. The lowest BCUT2D eigenvalue weighted by atomic mass is 10.1. The molecule has 0 saturated heterocycles. The molecule has 0 unspecified atom stereocenters. The van der Waals surface area contributed by atoms with Gasteiger partial charge in [0.15, 0.2) is 0 Å².